The van der Waals surface area contributed by atoms with Crippen LogP contribution in [0.1, 0.15) is 21.5 Å². The molecule has 0 aliphatic carbocycles. The van der Waals surface area contributed by atoms with E-state index in [0.29, 0.717) is 17.5 Å². The number of rotatable bonds is 7. The number of amides is 2. The van der Waals surface area contributed by atoms with Gasteiger partial charge in [-0.2, -0.15) is 0 Å². The second kappa shape index (κ2) is 9.46. The average molecular weight is 376 g/mol. The van der Waals surface area contributed by atoms with E-state index in [2.05, 4.69) is 10.6 Å². The van der Waals surface area contributed by atoms with Gasteiger partial charge < -0.3 is 10.6 Å². The van der Waals surface area contributed by atoms with Gasteiger partial charge in [0.2, 0.25) is 5.91 Å². The molecule has 0 saturated carbocycles. The standard InChI is InChI=1S/C23H21FN2O2/c24-20-14-8-7-13-19(20)16-25-23(28)21(15-17-9-3-1-4-10-17)26-22(27)18-11-5-2-6-12-18/h1-14,21H,15-16H2,(H,25,28)(H,26,27). The fourth-order valence-corrected chi connectivity index (χ4v) is 2.84. The molecule has 1 unspecified atom stereocenters. The van der Waals surface area contributed by atoms with Gasteiger partial charge in [0.05, 0.1) is 0 Å². The highest BCUT2D eigenvalue weighted by Gasteiger charge is 2.22. The third kappa shape index (κ3) is 5.27. The van der Waals surface area contributed by atoms with Gasteiger partial charge in [-0.25, -0.2) is 4.39 Å². The van der Waals surface area contributed by atoms with E-state index in [0.717, 1.165) is 5.56 Å². The fourth-order valence-electron chi connectivity index (χ4n) is 2.84. The molecule has 2 amide bonds. The van der Waals surface area contributed by atoms with Crippen molar-refractivity contribution in [1.29, 1.82) is 0 Å². The zero-order valence-electron chi connectivity index (χ0n) is 15.3. The van der Waals surface area contributed by atoms with E-state index < -0.39 is 6.04 Å². The van der Waals surface area contributed by atoms with Crippen LogP contribution in [-0.4, -0.2) is 17.9 Å². The molecule has 0 bridgehead atoms. The normalized spacial score (nSPS) is 11.5. The Hall–Kier alpha value is -3.47. The molecule has 0 aliphatic rings. The van der Waals surface area contributed by atoms with E-state index >= 15 is 0 Å². The second-order valence-electron chi connectivity index (χ2n) is 6.39. The van der Waals surface area contributed by atoms with Crippen LogP contribution < -0.4 is 10.6 Å². The van der Waals surface area contributed by atoms with E-state index in [1.807, 2.05) is 36.4 Å². The Morgan fingerprint density at radius 3 is 2.11 bits per heavy atom. The van der Waals surface area contributed by atoms with Gasteiger partial charge in [0.15, 0.2) is 0 Å². The van der Waals surface area contributed by atoms with Crippen LogP contribution in [-0.2, 0) is 17.8 Å². The second-order valence-corrected chi connectivity index (χ2v) is 6.39. The predicted octanol–water partition coefficient (Wildman–Crippen LogP) is 3.48. The summed E-state index contributed by atoms with van der Waals surface area (Å²) in [6, 6.07) is 23.6. The first-order chi connectivity index (χ1) is 13.6. The first kappa shape index (κ1) is 19.3. The molecular formula is C23H21FN2O2. The number of hydrogen-bond acceptors (Lipinski definition) is 2. The first-order valence-corrected chi connectivity index (χ1v) is 9.04. The molecule has 142 valence electrons. The Balaban J connectivity index is 1.72. The van der Waals surface area contributed by atoms with Gasteiger partial charge in [-0.1, -0.05) is 66.7 Å². The quantitative estimate of drug-likeness (QED) is 0.663. The van der Waals surface area contributed by atoms with Crippen LogP contribution >= 0.6 is 0 Å². The average Bonchev–Trinajstić information content (AvgIpc) is 2.74. The Bertz CT molecular complexity index is 930. The molecule has 3 aromatic carbocycles. The summed E-state index contributed by atoms with van der Waals surface area (Å²) in [6.45, 7) is 0.0536. The lowest BCUT2D eigenvalue weighted by molar-refractivity contribution is -0.123. The Labute approximate surface area is 163 Å². The summed E-state index contributed by atoms with van der Waals surface area (Å²) in [7, 11) is 0. The summed E-state index contributed by atoms with van der Waals surface area (Å²) in [5.41, 5.74) is 1.79. The van der Waals surface area contributed by atoms with Crippen molar-refractivity contribution < 1.29 is 14.0 Å². The molecule has 28 heavy (non-hydrogen) atoms. The van der Waals surface area contributed by atoms with Crippen molar-refractivity contribution in [3.8, 4) is 0 Å². The molecule has 0 heterocycles. The van der Waals surface area contributed by atoms with Crippen LogP contribution in [0.25, 0.3) is 0 Å². The van der Waals surface area contributed by atoms with E-state index in [1.54, 1.807) is 42.5 Å². The molecule has 0 fully saturated rings. The molecule has 0 radical (unpaired) electrons. The van der Waals surface area contributed by atoms with Crippen LogP contribution in [0, 0.1) is 5.82 Å². The maximum Gasteiger partial charge on any atom is 0.251 e. The van der Waals surface area contributed by atoms with Crippen molar-refractivity contribution in [3.05, 3.63) is 107 Å². The zero-order valence-corrected chi connectivity index (χ0v) is 15.3. The third-order valence-electron chi connectivity index (χ3n) is 4.35. The first-order valence-electron chi connectivity index (χ1n) is 9.04. The molecule has 3 rings (SSSR count). The lowest BCUT2D eigenvalue weighted by Crippen LogP contribution is -2.47. The van der Waals surface area contributed by atoms with Gasteiger partial charge in [-0.3, -0.25) is 9.59 Å². The largest absolute Gasteiger partial charge is 0.350 e. The maximum atomic E-state index is 13.8. The number of nitrogens with one attached hydrogen (secondary N) is 2. The minimum Gasteiger partial charge on any atom is -0.350 e. The summed E-state index contributed by atoms with van der Waals surface area (Å²) in [4.78, 5) is 25.3. The smallest absolute Gasteiger partial charge is 0.251 e. The molecule has 0 saturated heterocycles. The van der Waals surface area contributed by atoms with Crippen LogP contribution in [0.15, 0.2) is 84.9 Å². The van der Waals surface area contributed by atoms with E-state index in [-0.39, 0.29) is 24.2 Å². The fraction of sp³-hybridized carbons (Fsp3) is 0.130. The molecule has 5 heteroatoms. The molecule has 1 atom stereocenters. The van der Waals surface area contributed by atoms with Gasteiger partial charge in [0.25, 0.3) is 5.91 Å². The predicted molar refractivity (Wildman–Crippen MR) is 106 cm³/mol. The van der Waals surface area contributed by atoms with Gasteiger partial charge in [-0.05, 0) is 23.8 Å². The van der Waals surface area contributed by atoms with Crippen LogP contribution in [0.2, 0.25) is 0 Å². The van der Waals surface area contributed by atoms with Crippen molar-refractivity contribution in [2.75, 3.05) is 0 Å². The van der Waals surface area contributed by atoms with E-state index in [1.165, 1.54) is 6.07 Å². The molecule has 4 nitrogen and oxygen atoms in total. The number of halogens is 1. The van der Waals surface area contributed by atoms with Crippen LogP contribution in [0.4, 0.5) is 4.39 Å². The topological polar surface area (TPSA) is 58.2 Å². The van der Waals surface area contributed by atoms with Gasteiger partial charge >= 0.3 is 0 Å². The number of hydrogen-bond donors (Lipinski definition) is 2. The molecular weight excluding hydrogens is 355 g/mol. The summed E-state index contributed by atoms with van der Waals surface area (Å²) in [5, 5.41) is 5.51. The van der Waals surface area contributed by atoms with Gasteiger partial charge in [0.1, 0.15) is 11.9 Å². The van der Waals surface area contributed by atoms with E-state index in [4.69, 9.17) is 0 Å². The highest BCUT2D eigenvalue weighted by Crippen LogP contribution is 2.08. The van der Waals surface area contributed by atoms with Gasteiger partial charge in [0, 0.05) is 24.1 Å². The van der Waals surface area contributed by atoms with E-state index in [9.17, 15) is 14.0 Å². The van der Waals surface area contributed by atoms with Crippen molar-refractivity contribution >= 4 is 11.8 Å². The monoisotopic (exact) mass is 376 g/mol. The molecule has 0 aromatic heterocycles. The lowest BCUT2D eigenvalue weighted by atomic mass is 10.0. The molecule has 0 spiro atoms. The molecule has 2 N–H and O–H groups in total. The third-order valence-corrected chi connectivity index (χ3v) is 4.35. The van der Waals surface area contributed by atoms with Crippen LogP contribution in [0.5, 0.6) is 0 Å². The SMILES string of the molecule is O=C(NC(Cc1ccccc1)C(=O)NCc1ccccc1F)c1ccccc1. The lowest BCUT2D eigenvalue weighted by Gasteiger charge is -2.19. The van der Waals surface area contributed by atoms with Gasteiger partial charge in [-0.15, -0.1) is 0 Å². The number of carbonyl (C=O) groups is 2. The van der Waals surface area contributed by atoms with Crippen molar-refractivity contribution in [2.45, 2.75) is 19.0 Å². The number of benzene rings is 3. The molecule has 0 aliphatic heterocycles. The van der Waals surface area contributed by atoms with Crippen molar-refractivity contribution in [1.82, 2.24) is 10.6 Å². The van der Waals surface area contributed by atoms with Crippen molar-refractivity contribution in [3.63, 3.8) is 0 Å². The Morgan fingerprint density at radius 1 is 0.821 bits per heavy atom. The molecule has 3 aromatic rings. The number of carbonyl (C=O) groups excluding carboxylic acids is 2. The Morgan fingerprint density at radius 2 is 1.43 bits per heavy atom. The highest BCUT2D eigenvalue weighted by molar-refractivity contribution is 5.97. The Kier molecular flexibility index (Phi) is 6.52. The summed E-state index contributed by atoms with van der Waals surface area (Å²) in [5.74, 6) is -1.07. The zero-order chi connectivity index (χ0) is 19.8. The minimum atomic E-state index is -0.776. The summed E-state index contributed by atoms with van der Waals surface area (Å²) in [6.07, 6.45) is 0.336. The highest BCUT2D eigenvalue weighted by atomic mass is 19.1. The summed E-state index contributed by atoms with van der Waals surface area (Å²) >= 11 is 0. The summed E-state index contributed by atoms with van der Waals surface area (Å²) < 4.78 is 13.8. The van der Waals surface area contributed by atoms with Crippen molar-refractivity contribution in [2.24, 2.45) is 0 Å². The van der Waals surface area contributed by atoms with Crippen LogP contribution in [0.3, 0.4) is 0 Å². The maximum absolute atomic E-state index is 13.8. The minimum absolute atomic E-state index is 0.0536.